The van der Waals surface area contributed by atoms with Crippen LogP contribution < -0.4 is 32.6 Å². The third-order valence-electron chi connectivity index (χ3n) is 4.10. The van der Waals surface area contributed by atoms with Crippen LogP contribution in [-0.4, -0.2) is 49.7 Å². The number of rotatable bonds is 17. The van der Waals surface area contributed by atoms with Crippen LogP contribution in [0, 0.1) is 5.41 Å². The molecule has 28 heavy (non-hydrogen) atoms. The number of hydrogen-bond donors (Lipinski definition) is 6. The maximum atomic E-state index is 7.32. The number of aliphatic imine (C=N–C) groups is 1. The van der Waals surface area contributed by atoms with Gasteiger partial charge in [0.1, 0.15) is 5.84 Å². The molecule has 0 spiro atoms. The van der Waals surface area contributed by atoms with Gasteiger partial charge in [-0.2, -0.15) is 0 Å². The van der Waals surface area contributed by atoms with E-state index < -0.39 is 0 Å². The van der Waals surface area contributed by atoms with Gasteiger partial charge in [-0.3, -0.25) is 10.4 Å². The standard InChI is InChI=1S/C19H36N8O/c20-18(21)16-8-9-17(27-14-16)28-13-7-6-11-25-15-24-10-4-2-1-3-5-12-26-19(22)23/h8-9,14,24-25H,1-7,10-13,15H2,(H3,20,21)(H4,22,23,26). The summed E-state index contributed by atoms with van der Waals surface area (Å²) < 4.78 is 5.57. The Kier molecular flexibility index (Phi) is 13.2. The number of unbranched alkanes of at least 4 members (excludes halogenated alkanes) is 5. The first-order chi connectivity index (χ1) is 13.6. The zero-order valence-electron chi connectivity index (χ0n) is 16.8. The van der Waals surface area contributed by atoms with Crippen molar-refractivity contribution in [2.75, 3.05) is 32.9 Å². The molecule has 0 radical (unpaired) electrons. The number of nitrogens with zero attached hydrogens (tertiary/aromatic N) is 2. The van der Waals surface area contributed by atoms with Gasteiger partial charge in [-0.15, -0.1) is 0 Å². The van der Waals surface area contributed by atoms with Crippen LogP contribution >= 0.6 is 0 Å². The first-order valence-corrected chi connectivity index (χ1v) is 9.99. The van der Waals surface area contributed by atoms with Gasteiger partial charge >= 0.3 is 0 Å². The molecule has 0 fully saturated rings. The molecule has 1 aromatic heterocycles. The van der Waals surface area contributed by atoms with Crippen molar-refractivity contribution in [1.29, 1.82) is 5.41 Å². The molecular weight excluding hydrogens is 356 g/mol. The van der Waals surface area contributed by atoms with Gasteiger partial charge in [0.05, 0.1) is 6.61 Å². The highest BCUT2D eigenvalue weighted by molar-refractivity contribution is 5.94. The molecule has 0 aromatic carbocycles. The first-order valence-electron chi connectivity index (χ1n) is 9.99. The quantitative estimate of drug-likeness (QED) is 0.0992. The molecule has 0 amide bonds. The molecule has 9 nitrogen and oxygen atoms in total. The van der Waals surface area contributed by atoms with Crippen LogP contribution in [-0.2, 0) is 0 Å². The van der Waals surface area contributed by atoms with E-state index in [1.807, 2.05) is 0 Å². The van der Waals surface area contributed by atoms with E-state index in [0.29, 0.717) is 18.1 Å². The molecule has 0 saturated carbocycles. The van der Waals surface area contributed by atoms with Gasteiger partial charge in [0, 0.05) is 31.0 Å². The van der Waals surface area contributed by atoms with E-state index >= 15 is 0 Å². The summed E-state index contributed by atoms with van der Waals surface area (Å²) in [5, 5.41) is 14.1. The minimum atomic E-state index is 0.0123. The first kappa shape index (κ1) is 23.6. The van der Waals surface area contributed by atoms with E-state index in [9.17, 15) is 0 Å². The van der Waals surface area contributed by atoms with Crippen LogP contribution in [0.5, 0.6) is 5.88 Å². The number of aromatic nitrogens is 1. The van der Waals surface area contributed by atoms with Gasteiger partial charge in [0.25, 0.3) is 0 Å². The summed E-state index contributed by atoms with van der Waals surface area (Å²) >= 11 is 0. The number of nitrogens with two attached hydrogens (primary N) is 3. The van der Waals surface area contributed by atoms with Crippen molar-refractivity contribution in [3.63, 3.8) is 0 Å². The molecule has 0 saturated heterocycles. The van der Waals surface area contributed by atoms with Crippen LogP contribution in [0.2, 0.25) is 0 Å². The van der Waals surface area contributed by atoms with Gasteiger partial charge in [-0.05, 0) is 44.8 Å². The maximum absolute atomic E-state index is 7.32. The van der Waals surface area contributed by atoms with Gasteiger partial charge < -0.3 is 32.6 Å². The number of guanidine groups is 1. The van der Waals surface area contributed by atoms with Crippen molar-refractivity contribution in [3.05, 3.63) is 23.9 Å². The van der Waals surface area contributed by atoms with Gasteiger partial charge in [0.2, 0.25) is 5.88 Å². The zero-order chi connectivity index (χ0) is 20.5. The Labute approximate surface area is 168 Å². The van der Waals surface area contributed by atoms with Crippen LogP contribution in [0.1, 0.15) is 50.5 Å². The molecule has 9 N–H and O–H groups in total. The number of hydrogen-bond acceptors (Lipinski definition) is 6. The number of ether oxygens (including phenoxy) is 1. The molecule has 158 valence electrons. The topological polar surface area (TPSA) is 160 Å². The van der Waals surface area contributed by atoms with Crippen molar-refractivity contribution in [2.45, 2.75) is 44.9 Å². The third kappa shape index (κ3) is 12.9. The predicted octanol–water partition coefficient (Wildman–Crippen LogP) is 0.885. The molecule has 0 bridgehead atoms. The average molecular weight is 393 g/mol. The van der Waals surface area contributed by atoms with E-state index in [2.05, 4.69) is 20.6 Å². The predicted molar refractivity (Wildman–Crippen MR) is 115 cm³/mol. The summed E-state index contributed by atoms with van der Waals surface area (Å²) in [5.74, 6) is 0.760. The van der Waals surface area contributed by atoms with Crippen molar-refractivity contribution in [3.8, 4) is 5.88 Å². The van der Waals surface area contributed by atoms with Gasteiger partial charge in [0.15, 0.2) is 5.96 Å². The van der Waals surface area contributed by atoms with E-state index in [1.165, 1.54) is 25.7 Å². The summed E-state index contributed by atoms with van der Waals surface area (Å²) in [6, 6.07) is 3.48. The molecule has 1 rings (SSSR count). The average Bonchev–Trinajstić information content (AvgIpc) is 2.67. The molecule has 1 heterocycles. The highest BCUT2D eigenvalue weighted by Crippen LogP contribution is 2.07. The second kappa shape index (κ2) is 15.6. The molecule has 0 unspecified atom stereocenters. The molecule has 0 atom stereocenters. The molecular formula is C19H36N8O. The number of nitrogens with one attached hydrogen (secondary N) is 3. The lowest BCUT2D eigenvalue weighted by Crippen LogP contribution is -2.30. The molecule has 0 aliphatic rings. The normalized spacial score (nSPS) is 10.6. The highest BCUT2D eigenvalue weighted by atomic mass is 16.5. The Morgan fingerprint density at radius 3 is 2.29 bits per heavy atom. The lowest BCUT2D eigenvalue weighted by atomic mass is 10.1. The van der Waals surface area contributed by atoms with E-state index in [0.717, 1.165) is 45.6 Å². The number of pyridine rings is 1. The van der Waals surface area contributed by atoms with Crippen LogP contribution in [0.15, 0.2) is 23.3 Å². The summed E-state index contributed by atoms with van der Waals surface area (Å²) in [7, 11) is 0. The van der Waals surface area contributed by atoms with Gasteiger partial charge in [-0.1, -0.05) is 19.3 Å². The zero-order valence-corrected chi connectivity index (χ0v) is 16.8. The Balaban J connectivity index is 1.82. The SMILES string of the molecule is N=C(N)c1ccc(OCCCCNCNCCCCCCCN=C(N)N)nc1. The lowest BCUT2D eigenvalue weighted by molar-refractivity contribution is 0.294. The summed E-state index contributed by atoms with van der Waals surface area (Å²) in [6.45, 7) is 4.19. The second-order valence-electron chi connectivity index (χ2n) is 6.61. The van der Waals surface area contributed by atoms with Crippen molar-refractivity contribution in [1.82, 2.24) is 15.6 Å². The second-order valence-corrected chi connectivity index (χ2v) is 6.61. The fourth-order valence-corrected chi connectivity index (χ4v) is 2.52. The van der Waals surface area contributed by atoms with E-state index in [-0.39, 0.29) is 11.8 Å². The maximum Gasteiger partial charge on any atom is 0.213 e. The van der Waals surface area contributed by atoms with Crippen LogP contribution in [0.4, 0.5) is 0 Å². The van der Waals surface area contributed by atoms with E-state index in [4.69, 9.17) is 27.3 Å². The Hall–Kier alpha value is -2.39. The summed E-state index contributed by atoms with van der Waals surface area (Å²) in [4.78, 5) is 8.10. The fourth-order valence-electron chi connectivity index (χ4n) is 2.52. The minimum absolute atomic E-state index is 0.0123. The van der Waals surface area contributed by atoms with Crippen molar-refractivity contribution in [2.24, 2.45) is 22.2 Å². The largest absolute Gasteiger partial charge is 0.478 e. The molecule has 9 heteroatoms. The third-order valence-corrected chi connectivity index (χ3v) is 4.10. The molecule has 1 aromatic rings. The monoisotopic (exact) mass is 392 g/mol. The number of amidine groups is 1. The summed E-state index contributed by atoms with van der Waals surface area (Å²) in [5.41, 5.74) is 16.5. The fraction of sp³-hybridized carbons (Fsp3) is 0.632. The molecule has 0 aliphatic heterocycles. The highest BCUT2D eigenvalue weighted by Gasteiger charge is 1.99. The van der Waals surface area contributed by atoms with Gasteiger partial charge in [-0.25, -0.2) is 4.98 Å². The van der Waals surface area contributed by atoms with Crippen LogP contribution in [0.3, 0.4) is 0 Å². The number of nitrogen functional groups attached to an aromatic ring is 1. The smallest absolute Gasteiger partial charge is 0.213 e. The Morgan fingerprint density at radius 2 is 1.64 bits per heavy atom. The Morgan fingerprint density at radius 1 is 0.964 bits per heavy atom. The van der Waals surface area contributed by atoms with Crippen LogP contribution in [0.25, 0.3) is 0 Å². The Bertz CT molecular complexity index is 558. The van der Waals surface area contributed by atoms with E-state index in [1.54, 1.807) is 18.3 Å². The van der Waals surface area contributed by atoms with Crippen molar-refractivity contribution >= 4 is 11.8 Å². The lowest BCUT2D eigenvalue weighted by Gasteiger charge is -2.08. The summed E-state index contributed by atoms with van der Waals surface area (Å²) in [6.07, 6.45) is 9.43. The molecule has 0 aliphatic carbocycles. The van der Waals surface area contributed by atoms with Crippen molar-refractivity contribution < 1.29 is 4.74 Å². The minimum Gasteiger partial charge on any atom is -0.478 e.